The molecule has 6 nitrogen and oxygen atoms in total. The topological polar surface area (TPSA) is 78.4 Å². The number of pyridine rings is 2. The fraction of sp³-hybridized carbons (Fsp3) is 0.304. The van der Waals surface area contributed by atoms with Crippen molar-refractivity contribution in [3.8, 4) is 11.5 Å². The maximum absolute atomic E-state index is 12.8. The van der Waals surface area contributed by atoms with E-state index in [0.29, 0.717) is 29.2 Å². The Bertz CT molecular complexity index is 1170. The summed E-state index contributed by atoms with van der Waals surface area (Å²) in [4.78, 5) is 34.0. The standard InChI is InChI=1S/C23H21ClN2O4/c1-23(2)12-30-21-15(23)11-16(26-22(21)24)18(28)7-6-17(27)14-9-13-5-4-8-25-20(13)19(10-14)29-3/h4-5,8-11H,6-7,12H2,1-3H3. The van der Waals surface area contributed by atoms with E-state index in [1.807, 2.05) is 19.9 Å². The zero-order valence-corrected chi connectivity index (χ0v) is 17.7. The van der Waals surface area contributed by atoms with Gasteiger partial charge in [-0.2, -0.15) is 0 Å². The molecule has 0 saturated heterocycles. The van der Waals surface area contributed by atoms with E-state index in [0.717, 1.165) is 10.9 Å². The zero-order valence-electron chi connectivity index (χ0n) is 17.0. The molecule has 4 rings (SSSR count). The van der Waals surface area contributed by atoms with E-state index in [-0.39, 0.29) is 40.7 Å². The van der Waals surface area contributed by atoms with Crippen molar-refractivity contribution in [2.75, 3.05) is 13.7 Å². The van der Waals surface area contributed by atoms with Gasteiger partial charge in [0.05, 0.1) is 13.7 Å². The van der Waals surface area contributed by atoms with Crippen LogP contribution < -0.4 is 9.47 Å². The van der Waals surface area contributed by atoms with Gasteiger partial charge in [-0.05, 0) is 24.3 Å². The van der Waals surface area contributed by atoms with Gasteiger partial charge < -0.3 is 9.47 Å². The number of hydrogen-bond donors (Lipinski definition) is 0. The lowest BCUT2D eigenvalue weighted by Gasteiger charge is -2.15. The molecule has 0 bridgehead atoms. The minimum absolute atomic E-state index is 0.0373. The molecule has 1 aromatic carbocycles. The second-order valence-corrected chi connectivity index (χ2v) is 8.31. The first kappa shape index (κ1) is 20.3. The lowest BCUT2D eigenvalue weighted by molar-refractivity contribution is 0.0915. The summed E-state index contributed by atoms with van der Waals surface area (Å²) in [5.41, 5.74) is 2.04. The van der Waals surface area contributed by atoms with Crippen molar-refractivity contribution < 1.29 is 19.1 Å². The van der Waals surface area contributed by atoms with Crippen LogP contribution in [0, 0.1) is 0 Å². The third-order valence-corrected chi connectivity index (χ3v) is 5.57. The summed E-state index contributed by atoms with van der Waals surface area (Å²) in [6.07, 6.45) is 1.77. The molecular formula is C23H21ClN2O4. The number of nitrogens with zero attached hydrogens (tertiary/aromatic N) is 2. The number of rotatable bonds is 6. The van der Waals surface area contributed by atoms with E-state index in [1.54, 1.807) is 30.5 Å². The highest BCUT2D eigenvalue weighted by Crippen LogP contribution is 2.42. The number of carbonyl (C=O) groups excluding carboxylic acids is 2. The maximum atomic E-state index is 12.8. The van der Waals surface area contributed by atoms with Gasteiger partial charge in [-0.15, -0.1) is 0 Å². The van der Waals surface area contributed by atoms with Crippen LogP contribution in [0.2, 0.25) is 5.15 Å². The second-order valence-electron chi connectivity index (χ2n) is 7.95. The van der Waals surface area contributed by atoms with Gasteiger partial charge in [-0.3, -0.25) is 14.6 Å². The van der Waals surface area contributed by atoms with Crippen molar-refractivity contribution in [1.82, 2.24) is 9.97 Å². The number of fused-ring (bicyclic) bond motifs is 2. The quantitative estimate of drug-likeness (QED) is 0.417. The second kappa shape index (κ2) is 7.69. The molecule has 3 heterocycles. The Kier molecular flexibility index (Phi) is 5.20. The van der Waals surface area contributed by atoms with Crippen molar-refractivity contribution in [2.24, 2.45) is 0 Å². The smallest absolute Gasteiger partial charge is 0.181 e. The van der Waals surface area contributed by atoms with Crippen molar-refractivity contribution >= 4 is 34.1 Å². The summed E-state index contributed by atoms with van der Waals surface area (Å²) in [5.74, 6) is 0.678. The SMILES string of the molecule is COc1cc(C(=O)CCC(=O)c2cc3c(c(Cl)n2)OCC3(C)C)cc2cccnc12. The van der Waals surface area contributed by atoms with E-state index in [1.165, 1.54) is 7.11 Å². The highest BCUT2D eigenvalue weighted by atomic mass is 35.5. The molecule has 0 unspecified atom stereocenters. The molecule has 0 atom stereocenters. The number of ether oxygens (including phenoxy) is 2. The maximum Gasteiger partial charge on any atom is 0.181 e. The summed E-state index contributed by atoms with van der Waals surface area (Å²) in [5, 5.41) is 0.986. The number of methoxy groups -OCH3 is 1. The van der Waals surface area contributed by atoms with Crippen molar-refractivity contribution in [2.45, 2.75) is 32.1 Å². The molecule has 30 heavy (non-hydrogen) atoms. The average molecular weight is 425 g/mol. The predicted octanol–water partition coefficient (Wildman–Crippen LogP) is 4.81. The average Bonchev–Trinajstić information content (AvgIpc) is 3.05. The molecule has 0 fully saturated rings. The Morgan fingerprint density at radius 3 is 2.73 bits per heavy atom. The van der Waals surface area contributed by atoms with Crippen LogP contribution in [-0.2, 0) is 5.41 Å². The third kappa shape index (κ3) is 3.63. The highest BCUT2D eigenvalue weighted by Gasteiger charge is 2.35. The summed E-state index contributed by atoms with van der Waals surface area (Å²) in [6, 6.07) is 8.82. The third-order valence-electron chi connectivity index (χ3n) is 5.31. The first-order chi connectivity index (χ1) is 14.3. The van der Waals surface area contributed by atoms with Crippen LogP contribution in [0.4, 0.5) is 0 Å². The Hall–Kier alpha value is -2.99. The van der Waals surface area contributed by atoms with Crippen molar-refractivity contribution in [3.05, 3.63) is 58.5 Å². The summed E-state index contributed by atoms with van der Waals surface area (Å²) in [7, 11) is 1.54. The summed E-state index contributed by atoms with van der Waals surface area (Å²) in [6.45, 7) is 4.53. The van der Waals surface area contributed by atoms with Gasteiger partial charge in [0.2, 0.25) is 0 Å². The monoisotopic (exact) mass is 424 g/mol. The van der Waals surface area contributed by atoms with E-state index >= 15 is 0 Å². The molecule has 0 radical (unpaired) electrons. The van der Waals surface area contributed by atoms with Crippen molar-refractivity contribution in [1.29, 1.82) is 0 Å². The zero-order chi connectivity index (χ0) is 21.5. The Labute approximate surface area is 179 Å². The predicted molar refractivity (Wildman–Crippen MR) is 114 cm³/mol. The van der Waals surface area contributed by atoms with Crippen LogP contribution in [-0.4, -0.2) is 35.3 Å². The van der Waals surface area contributed by atoms with Gasteiger partial charge in [0.25, 0.3) is 0 Å². The fourth-order valence-electron chi connectivity index (χ4n) is 3.59. The van der Waals surface area contributed by atoms with Crippen LogP contribution in [0.25, 0.3) is 10.9 Å². The van der Waals surface area contributed by atoms with Crippen LogP contribution in [0.1, 0.15) is 53.1 Å². The van der Waals surface area contributed by atoms with E-state index in [4.69, 9.17) is 21.1 Å². The number of benzene rings is 1. The Morgan fingerprint density at radius 2 is 1.97 bits per heavy atom. The molecule has 3 aromatic rings. The van der Waals surface area contributed by atoms with E-state index in [2.05, 4.69) is 9.97 Å². The van der Waals surface area contributed by atoms with E-state index in [9.17, 15) is 9.59 Å². The number of hydrogen-bond acceptors (Lipinski definition) is 6. The number of carbonyl (C=O) groups is 2. The van der Waals surface area contributed by atoms with Gasteiger partial charge in [0, 0.05) is 41.0 Å². The van der Waals surface area contributed by atoms with Gasteiger partial charge in [-0.1, -0.05) is 31.5 Å². The molecule has 1 aliphatic heterocycles. The molecule has 1 aliphatic rings. The summed E-state index contributed by atoms with van der Waals surface area (Å²) < 4.78 is 11.0. The molecule has 0 amide bonds. The molecule has 7 heteroatoms. The first-order valence-corrected chi connectivity index (χ1v) is 10.0. The van der Waals surface area contributed by atoms with Crippen LogP contribution in [0.15, 0.2) is 36.5 Å². The molecule has 154 valence electrons. The Morgan fingerprint density at radius 1 is 1.20 bits per heavy atom. The van der Waals surface area contributed by atoms with Crippen LogP contribution in [0.5, 0.6) is 11.5 Å². The first-order valence-electron chi connectivity index (χ1n) is 9.63. The van der Waals surface area contributed by atoms with Crippen molar-refractivity contribution in [3.63, 3.8) is 0 Å². The van der Waals surface area contributed by atoms with Crippen LogP contribution >= 0.6 is 11.6 Å². The normalized spacial score (nSPS) is 14.3. The number of halogens is 1. The fourth-order valence-corrected chi connectivity index (χ4v) is 3.84. The largest absolute Gasteiger partial charge is 0.494 e. The van der Waals surface area contributed by atoms with Gasteiger partial charge in [0.15, 0.2) is 22.5 Å². The number of ketones is 2. The molecule has 2 aromatic heterocycles. The molecule has 0 N–H and O–H groups in total. The minimum atomic E-state index is -0.248. The van der Waals surface area contributed by atoms with E-state index < -0.39 is 0 Å². The number of aromatic nitrogens is 2. The van der Waals surface area contributed by atoms with Crippen LogP contribution in [0.3, 0.4) is 0 Å². The summed E-state index contributed by atoms with van der Waals surface area (Å²) >= 11 is 6.22. The molecular weight excluding hydrogens is 404 g/mol. The Balaban J connectivity index is 1.53. The van der Waals surface area contributed by atoms with Gasteiger partial charge in [-0.25, -0.2) is 4.98 Å². The highest BCUT2D eigenvalue weighted by molar-refractivity contribution is 6.31. The van der Waals surface area contributed by atoms with Gasteiger partial charge in [0.1, 0.15) is 17.0 Å². The lowest BCUT2D eigenvalue weighted by Crippen LogP contribution is -2.18. The molecule has 0 spiro atoms. The minimum Gasteiger partial charge on any atom is -0.494 e. The van der Waals surface area contributed by atoms with Gasteiger partial charge >= 0.3 is 0 Å². The number of Topliss-reactive ketones (excluding diaryl/α,β-unsaturated/α-hetero) is 2. The molecule has 0 saturated carbocycles. The lowest BCUT2D eigenvalue weighted by atomic mass is 9.87. The molecule has 0 aliphatic carbocycles.